The zero-order valence-electron chi connectivity index (χ0n) is 18.1. The first-order chi connectivity index (χ1) is 15.1. The maximum Gasteiger partial charge on any atom is 0.324 e. The van der Waals surface area contributed by atoms with E-state index in [0.29, 0.717) is 13.1 Å². The fraction of sp³-hybridized carbons (Fsp3) is 0.440. The number of likely N-dealkylation sites (tertiary alicyclic amines) is 1. The number of hydrogen-bond donors (Lipinski definition) is 0. The normalized spacial score (nSPS) is 24.6. The SMILES string of the molecule is CCCCN1CC2OOC(c3ccccc3)(c3ccccc3)CC2(C(=O)OCC)C1=O. The van der Waals surface area contributed by atoms with Gasteiger partial charge in [-0.3, -0.25) is 9.59 Å². The first kappa shape index (κ1) is 21.5. The minimum absolute atomic E-state index is 0.124. The van der Waals surface area contributed by atoms with E-state index in [1.165, 1.54) is 0 Å². The van der Waals surface area contributed by atoms with E-state index in [-0.39, 0.29) is 18.9 Å². The summed E-state index contributed by atoms with van der Waals surface area (Å²) in [6.45, 7) is 4.92. The van der Waals surface area contributed by atoms with Gasteiger partial charge in [-0.05, 0) is 24.5 Å². The second-order valence-electron chi connectivity index (χ2n) is 8.20. The van der Waals surface area contributed by atoms with Crippen molar-refractivity contribution in [3.63, 3.8) is 0 Å². The molecule has 164 valence electrons. The first-order valence-corrected chi connectivity index (χ1v) is 11.0. The molecule has 2 aromatic carbocycles. The van der Waals surface area contributed by atoms with E-state index >= 15 is 0 Å². The second kappa shape index (κ2) is 8.81. The highest BCUT2D eigenvalue weighted by atomic mass is 17.2. The van der Waals surface area contributed by atoms with E-state index in [2.05, 4.69) is 6.92 Å². The number of hydrogen-bond acceptors (Lipinski definition) is 5. The van der Waals surface area contributed by atoms with Crippen molar-refractivity contribution in [2.45, 2.75) is 44.8 Å². The van der Waals surface area contributed by atoms with Crippen molar-refractivity contribution in [1.29, 1.82) is 0 Å². The van der Waals surface area contributed by atoms with Gasteiger partial charge in [0.05, 0.1) is 13.2 Å². The topological polar surface area (TPSA) is 65.1 Å². The largest absolute Gasteiger partial charge is 0.465 e. The van der Waals surface area contributed by atoms with Crippen LogP contribution >= 0.6 is 0 Å². The maximum atomic E-state index is 13.7. The highest BCUT2D eigenvalue weighted by Gasteiger charge is 2.68. The summed E-state index contributed by atoms with van der Waals surface area (Å²) in [6, 6.07) is 19.2. The lowest BCUT2D eigenvalue weighted by molar-refractivity contribution is -0.417. The summed E-state index contributed by atoms with van der Waals surface area (Å²) in [7, 11) is 0. The number of esters is 1. The molecule has 2 aliphatic heterocycles. The second-order valence-corrected chi connectivity index (χ2v) is 8.20. The molecule has 1 amide bonds. The molecule has 2 aromatic rings. The molecule has 4 rings (SSSR count). The zero-order chi connectivity index (χ0) is 21.9. The summed E-state index contributed by atoms with van der Waals surface area (Å²) in [5, 5.41) is 0. The van der Waals surface area contributed by atoms with E-state index in [0.717, 1.165) is 24.0 Å². The number of nitrogens with zero attached hydrogens (tertiary/aromatic N) is 1. The van der Waals surface area contributed by atoms with Crippen molar-refractivity contribution >= 4 is 11.9 Å². The number of amides is 1. The average molecular weight is 424 g/mol. The quantitative estimate of drug-likeness (QED) is 0.385. The number of fused-ring (bicyclic) bond motifs is 1. The van der Waals surface area contributed by atoms with Gasteiger partial charge in [0.2, 0.25) is 5.91 Å². The monoisotopic (exact) mass is 423 g/mol. The zero-order valence-corrected chi connectivity index (χ0v) is 18.1. The molecule has 2 heterocycles. The van der Waals surface area contributed by atoms with Crippen molar-refractivity contribution in [1.82, 2.24) is 4.90 Å². The molecular formula is C25H29NO5. The molecule has 2 atom stereocenters. The van der Waals surface area contributed by atoms with Gasteiger partial charge in [0.1, 0.15) is 6.10 Å². The van der Waals surface area contributed by atoms with Gasteiger partial charge in [0.25, 0.3) is 0 Å². The van der Waals surface area contributed by atoms with E-state index < -0.39 is 23.1 Å². The number of unbranched alkanes of at least 4 members (excludes halogenated alkanes) is 1. The van der Waals surface area contributed by atoms with Crippen molar-refractivity contribution in [3.8, 4) is 0 Å². The lowest BCUT2D eigenvalue weighted by Crippen LogP contribution is -2.57. The molecule has 0 aliphatic carbocycles. The van der Waals surface area contributed by atoms with Crippen molar-refractivity contribution in [2.75, 3.05) is 19.7 Å². The lowest BCUT2D eigenvalue weighted by Gasteiger charge is -2.45. The summed E-state index contributed by atoms with van der Waals surface area (Å²) >= 11 is 0. The molecule has 0 N–H and O–H groups in total. The number of rotatable bonds is 7. The van der Waals surface area contributed by atoms with Gasteiger partial charge in [-0.1, -0.05) is 74.0 Å². The molecule has 0 spiro atoms. The predicted octanol–water partition coefficient (Wildman–Crippen LogP) is 3.84. The predicted molar refractivity (Wildman–Crippen MR) is 115 cm³/mol. The number of benzene rings is 2. The highest BCUT2D eigenvalue weighted by Crippen LogP contribution is 2.53. The molecule has 0 aromatic heterocycles. The molecule has 31 heavy (non-hydrogen) atoms. The van der Waals surface area contributed by atoms with Gasteiger partial charge in [-0.15, -0.1) is 0 Å². The Kier molecular flexibility index (Phi) is 6.12. The maximum absolute atomic E-state index is 13.7. The van der Waals surface area contributed by atoms with Crippen molar-refractivity contribution in [3.05, 3.63) is 71.8 Å². The fourth-order valence-corrected chi connectivity index (χ4v) is 4.70. The van der Waals surface area contributed by atoms with Crippen molar-refractivity contribution < 1.29 is 24.1 Å². The fourth-order valence-electron chi connectivity index (χ4n) is 4.70. The van der Waals surface area contributed by atoms with Gasteiger partial charge >= 0.3 is 5.97 Å². The van der Waals surface area contributed by atoms with Crippen LogP contribution in [0.5, 0.6) is 0 Å². The minimum Gasteiger partial charge on any atom is -0.465 e. The van der Waals surface area contributed by atoms with Gasteiger partial charge in [-0.25, -0.2) is 9.78 Å². The van der Waals surface area contributed by atoms with Gasteiger partial charge in [0.15, 0.2) is 11.0 Å². The molecule has 6 heteroatoms. The van der Waals surface area contributed by atoms with Gasteiger partial charge in [0, 0.05) is 13.0 Å². The smallest absolute Gasteiger partial charge is 0.324 e. The summed E-state index contributed by atoms with van der Waals surface area (Å²) in [5.74, 6) is -0.771. The van der Waals surface area contributed by atoms with Crippen LogP contribution in [0.4, 0.5) is 0 Å². The Balaban J connectivity index is 1.84. The Morgan fingerprint density at radius 2 is 1.68 bits per heavy atom. The van der Waals surface area contributed by atoms with Crippen LogP contribution in [-0.2, 0) is 29.7 Å². The number of ether oxygens (including phenoxy) is 1. The third kappa shape index (κ3) is 3.54. The Bertz CT molecular complexity index is 877. The third-order valence-electron chi connectivity index (χ3n) is 6.34. The highest BCUT2D eigenvalue weighted by molar-refractivity contribution is 6.05. The molecule has 2 saturated heterocycles. The molecule has 2 fully saturated rings. The first-order valence-electron chi connectivity index (χ1n) is 11.0. The summed E-state index contributed by atoms with van der Waals surface area (Å²) in [4.78, 5) is 40.9. The van der Waals surface area contributed by atoms with Crippen LogP contribution in [0.15, 0.2) is 60.7 Å². The average Bonchev–Trinajstić information content (AvgIpc) is 3.10. The van der Waals surface area contributed by atoms with Crippen LogP contribution in [0.1, 0.15) is 44.2 Å². The number of carbonyl (C=O) groups excluding carboxylic acids is 2. The molecule has 6 nitrogen and oxygen atoms in total. The van der Waals surface area contributed by atoms with Crippen LogP contribution in [-0.4, -0.2) is 42.6 Å². The van der Waals surface area contributed by atoms with E-state index in [4.69, 9.17) is 14.5 Å². The van der Waals surface area contributed by atoms with E-state index in [1.54, 1.807) is 11.8 Å². The van der Waals surface area contributed by atoms with Gasteiger partial charge in [-0.2, -0.15) is 0 Å². The molecule has 0 radical (unpaired) electrons. The minimum atomic E-state index is -1.45. The standard InChI is InChI=1S/C25H29NO5/c1-3-5-16-26-17-21-24(22(26)27,23(28)29-4-2)18-25(31-30-21,19-12-8-6-9-13-19)20-14-10-7-11-15-20/h6-15,21H,3-5,16-18H2,1-2H3. The summed E-state index contributed by atoms with van der Waals surface area (Å²) in [6.07, 6.45) is 1.23. The third-order valence-corrected chi connectivity index (χ3v) is 6.34. The Labute approximate surface area is 183 Å². The molecule has 0 bridgehead atoms. The van der Waals surface area contributed by atoms with Crippen LogP contribution in [0, 0.1) is 5.41 Å². The van der Waals surface area contributed by atoms with Crippen LogP contribution in [0.2, 0.25) is 0 Å². The van der Waals surface area contributed by atoms with Gasteiger partial charge < -0.3 is 9.64 Å². The van der Waals surface area contributed by atoms with Crippen LogP contribution in [0.3, 0.4) is 0 Å². The molecule has 2 aliphatic rings. The number of carbonyl (C=O) groups is 2. The van der Waals surface area contributed by atoms with E-state index in [1.807, 2.05) is 60.7 Å². The summed E-state index contributed by atoms with van der Waals surface area (Å²) in [5.41, 5.74) is -0.915. The molecule has 2 unspecified atom stereocenters. The van der Waals surface area contributed by atoms with Crippen LogP contribution in [0.25, 0.3) is 0 Å². The lowest BCUT2D eigenvalue weighted by atomic mass is 9.69. The Hall–Kier alpha value is -2.70. The van der Waals surface area contributed by atoms with Crippen molar-refractivity contribution in [2.24, 2.45) is 5.41 Å². The molecular weight excluding hydrogens is 394 g/mol. The Morgan fingerprint density at radius 3 is 2.23 bits per heavy atom. The van der Waals surface area contributed by atoms with E-state index in [9.17, 15) is 9.59 Å². The van der Waals surface area contributed by atoms with Crippen LogP contribution < -0.4 is 0 Å². The molecule has 0 saturated carbocycles. The summed E-state index contributed by atoms with van der Waals surface area (Å²) < 4.78 is 5.45. The Morgan fingerprint density at radius 1 is 1.06 bits per heavy atom.